The Morgan fingerprint density at radius 2 is 1.74 bits per heavy atom. The summed E-state index contributed by atoms with van der Waals surface area (Å²) in [5.41, 5.74) is 2.00. The van der Waals surface area contributed by atoms with Crippen molar-refractivity contribution in [1.29, 1.82) is 0 Å². The Bertz CT molecular complexity index is 1510. The van der Waals surface area contributed by atoms with Gasteiger partial charge in [-0.15, -0.1) is 0 Å². The van der Waals surface area contributed by atoms with Gasteiger partial charge in [0.1, 0.15) is 12.2 Å². The van der Waals surface area contributed by atoms with Crippen LogP contribution in [0.5, 0.6) is 0 Å². The molecule has 174 valence electrons. The van der Waals surface area contributed by atoms with Gasteiger partial charge in [-0.1, -0.05) is 43.3 Å². The van der Waals surface area contributed by atoms with Gasteiger partial charge in [-0.25, -0.2) is 18.0 Å². The normalized spacial score (nSPS) is 11.4. The van der Waals surface area contributed by atoms with Crippen molar-refractivity contribution in [2.45, 2.75) is 24.8 Å². The molecule has 0 N–H and O–H groups in total. The van der Waals surface area contributed by atoms with Crippen molar-refractivity contribution >= 4 is 32.6 Å². The predicted molar refractivity (Wildman–Crippen MR) is 129 cm³/mol. The summed E-state index contributed by atoms with van der Waals surface area (Å²) < 4.78 is 38.0. The molecule has 0 spiro atoms. The van der Waals surface area contributed by atoms with E-state index in [2.05, 4.69) is 0 Å². The highest BCUT2D eigenvalue weighted by molar-refractivity contribution is 7.92. The van der Waals surface area contributed by atoms with Crippen molar-refractivity contribution in [3.8, 4) is 0 Å². The van der Waals surface area contributed by atoms with E-state index in [0.29, 0.717) is 22.2 Å². The van der Waals surface area contributed by atoms with Crippen LogP contribution in [0.1, 0.15) is 28.4 Å². The number of carbonyl (C=O) groups excluding carboxylic acids is 1. The van der Waals surface area contributed by atoms with Crippen LogP contribution in [0.15, 0.2) is 93.0 Å². The van der Waals surface area contributed by atoms with Crippen LogP contribution in [0.2, 0.25) is 0 Å². The van der Waals surface area contributed by atoms with Gasteiger partial charge < -0.3 is 9.15 Å². The number of hydrogen-bond donors (Lipinski definition) is 0. The van der Waals surface area contributed by atoms with Crippen LogP contribution in [0.3, 0.4) is 0 Å². The van der Waals surface area contributed by atoms with Gasteiger partial charge in [-0.3, -0.25) is 4.31 Å². The Morgan fingerprint density at radius 1 is 0.971 bits per heavy atom. The van der Waals surface area contributed by atoms with E-state index in [9.17, 15) is 18.0 Å². The molecule has 0 aliphatic heterocycles. The van der Waals surface area contributed by atoms with Gasteiger partial charge in [-0.2, -0.15) is 0 Å². The average Bonchev–Trinajstić information content (AvgIpc) is 2.86. The predicted octanol–water partition coefficient (Wildman–Crippen LogP) is 4.54. The van der Waals surface area contributed by atoms with Crippen molar-refractivity contribution < 1.29 is 22.4 Å². The minimum Gasteiger partial charge on any atom is -0.457 e. The van der Waals surface area contributed by atoms with Crippen molar-refractivity contribution in [3.63, 3.8) is 0 Å². The molecular weight excluding hydrogens is 454 g/mol. The highest BCUT2D eigenvalue weighted by Gasteiger charge is 2.23. The van der Waals surface area contributed by atoms with Crippen molar-refractivity contribution in [1.82, 2.24) is 0 Å². The topological polar surface area (TPSA) is 93.9 Å². The maximum absolute atomic E-state index is 13.1. The summed E-state index contributed by atoms with van der Waals surface area (Å²) in [5.74, 6) is -0.703. The molecule has 0 radical (unpaired) electrons. The number of nitrogens with zero attached hydrogens (tertiary/aromatic N) is 1. The standard InChI is InChI=1S/C26H23NO6S/c1-3-18-12-13-23-20(16-25(28)33-24(23)14-18)17-32-26(29)19-8-7-11-22(15-19)34(30,31)27(2)21-9-5-4-6-10-21/h4-16H,3,17H2,1-2H3. The number of para-hydroxylation sites is 1. The Labute approximate surface area is 197 Å². The fraction of sp³-hybridized carbons (Fsp3) is 0.154. The molecule has 0 aliphatic carbocycles. The van der Waals surface area contributed by atoms with Gasteiger partial charge >= 0.3 is 11.6 Å². The van der Waals surface area contributed by atoms with Crippen molar-refractivity contribution in [2.24, 2.45) is 0 Å². The summed E-state index contributed by atoms with van der Waals surface area (Å²) in [5, 5.41) is 0.672. The van der Waals surface area contributed by atoms with E-state index in [1.807, 2.05) is 19.1 Å². The number of carbonyl (C=O) groups is 1. The first-order chi connectivity index (χ1) is 16.3. The third-order valence-electron chi connectivity index (χ3n) is 5.51. The molecule has 0 amide bonds. The molecule has 0 unspecified atom stereocenters. The molecule has 34 heavy (non-hydrogen) atoms. The number of rotatable bonds is 7. The fourth-order valence-corrected chi connectivity index (χ4v) is 4.80. The highest BCUT2D eigenvalue weighted by Crippen LogP contribution is 2.23. The molecule has 1 aromatic heterocycles. The van der Waals surface area contributed by atoms with E-state index < -0.39 is 21.6 Å². The summed E-state index contributed by atoms with van der Waals surface area (Å²) in [6.07, 6.45) is 0.789. The quantitative estimate of drug-likeness (QED) is 0.287. The smallest absolute Gasteiger partial charge is 0.338 e. The van der Waals surface area contributed by atoms with Gasteiger partial charge in [0, 0.05) is 24.1 Å². The molecule has 3 aromatic carbocycles. The van der Waals surface area contributed by atoms with Gasteiger partial charge in [0.05, 0.1) is 16.1 Å². The molecule has 0 atom stereocenters. The number of esters is 1. The summed E-state index contributed by atoms with van der Waals surface area (Å²) in [6, 6.07) is 21.1. The van der Waals surface area contributed by atoms with E-state index in [-0.39, 0.29) is 17.1 Å². The lowest BCUT2D eigenvalue weighted by molar-refractivity contribution is 0.0473. The number of benzene rings is 3. The van der Waals surface area contributed by atoms with Crippen LogP contribution in [-0.2, 0) is 27.8 Å². The van der Waals surface area contributed by atoms with E-state index in [1.165, 1.54) is 37.4 Å². The number of anilines is 1. The first-order valence-corrected chi connectivity index (χ1v) is 12.1. The molecule has 0 fully saturated rings. The van der Waals surface area contributed by atoms with Crippen molar-refractivity contribution in [2.75, 3.05) is 11.4 Å². The molecule has 7 nitrogen and oxygen atoms in total. The van der Waals surface area contributed by atoms with Gasteiger partial charge in [-0.05, 0) is 48.4 Å². The lowest BCUT2D eigenvalue weighted by Gasteiger charge is -2.19. The molecule has 8 heteroatoms. The van der Waals surface area contributed by atoms with E-state index in [0.717, 1.165) is 16.3 Å². The van der Waals surface area contributed by atoms with E-state index >= 15 is 0 Å². The lowest BCUT2D eigenvalue weighted by Crippen LogP contribution is -2.26. The summed E-state index contributed by atoms with van der Waals surface area (Å²) in [7, 11) is -2.43. The zero-order chi connectivity index (χ0) is 24.3. The number of hydrogen-bond acceptors (Lipinski definition) is 6. The molecule has 0 bridgehead atoms. The Balaban J connectivity index is 1.56. The van der Waals surface area contributed by atoms with E-state index in [1.54, 1.807) is 36.4 Å². The molecule has 0 saturated heterocycles. The van der Waals surface area contributed by atoms with Gasteiger partial charge in [0.2, 0.25) is 0 Å². The Kier molecular flexibility index (Phi) is 6.51. The van der Waals surface area contributed by atoms with Crippen LogP contribution in [0.4, 0.5) is 5.69 Å². The molecular formula is C26H23NO6S. The Morgan fingerprint density at radius 3 is 2.47 bits per heavy atom. The Hall–Kier alpha value is -3.91. The minimum absolute atomic E-state index is 0.0359. The van der Waals surface area contributed by atoms with Crippen LogP contribution in [0.25, 0.3) is 11.0 Å². The largest absolute Gasteiger partial charge is 0.457 e. The van der Waals surface area contributed by atoms with Gasteiger partial charge in [0.15, 0.2) is 0 Å². The number of ether oxygens (including phenoxy) is 1. The monoisotopic (exact) mass is 477 g/mol. The first-order valence-electron chi connectivity index (χ1n) is 10.7. The fourth-order valence-electron chi connectivity index (χ4n) is 3.56. The average molecular weight is 478 g/mol. The third kappa shape index (κ3) is 4.72. The lowest BCUT2D eigenvalue weighted by atomic mass is 10.1. The third-order valence-corrected chi connectivity index (χ3v) is 7.29. The summed E-state index contributed by atoms with van der Waals surface area (Å²) in [6.45, 7) is 1.84. The zero-order valence-corrected chi connectivity index (χ0v) is 19.5. The van der Waals surface area contributed by atoms with Crippen LogP contribution >= 0.6 is 0 Å². The van der Waals surface area contributed by atoms with Gasteiger partial charge in [0.25, 0.3) is 10.0 Å². The summed E-state index contributed by atoms with van der Waals surface area (Å²) >= 11 is 0. The number of sulfonamides is 1. The minimum atomic E-state index is -3.88. The first kappa shape index (κ1) is 23.3. The van der Waals surface area contributed by atoms with Crippen molar-refractivity contribution in [3.05, 3.63) is 106 Å². The zero-order valence-electron chi connectivity index (χ0n) is 18.7. The maximum Gasteiger partial charge on any atom is 0.338 e. The summed E-state index contributed by atoms with van der Waals surface area (Å²) in [4.78, 5) is 24.7. The number of aryl methyl sites for hydroxylation is 1. The molecule has 0 saturated carbocycles. The van der Waals surface area contributed by atoms with Crippen LogP contribution < -0.4 is 9.93 Å². The molecule has 4 rings (SSSR count). The van der Waals surface area contributed by atoms with E-state index in [4.69, 9.17) is 9.15 Å². The second kappa shape index (κ2) is 9.52. The highest BCUT2D eigenvalue weighted by atomic mass is 32.2. The SMILES string of the molecule is CCc1ccc2c(COC(=O)c3cccc(S(=O)(=O)N(C)c4ccccc4)c3)cc(=O)oc2c1. The molecule has 0 aliphatic rings. The molecule has 4 aromatic rings. The van der Waals surface area contributed by atoms with Crippen LogP contribution in [-0.4, -0.2) is 21.4 Å². The maximum atomic E-state index is 13.1. The second-order valence-electron chi connectivity index (χ2n) is 7.69. The molecule has 1 heterocycles. The van der Waals surface area contributed by atoms with Crippen LogP contribution in [0, 0.1) is 0 Å². The number of fused-ring (bicyclic) bond motifs is 1. The second-order valence-corrected chi connectivity index (χ2v) is 9.66.